The molecule has 0 aliphatic heterocycles. The van der Waals surface area contributed by atoms with Crippen LogP contribution < -0.4 is 59.3 Å². The first-order valence-electron chi connectivity index (χ1n) is 25.1. The van der Waals surface area contributed by atoms with Crippen molar-refractivity contribution in [3.63, 3.8) is 0 Å². The van der Waals surface area contributed by atoms with Crippen molar-refractivity contribution in [1.82, 2.24) is 47.9 Å². The van der Waals surface area contributed by atoms with Gasteiger partial charge >= 0.3 is 5.97 Å². The highest BCUT2D eigenvalue weighted by atomic mass is 16.4. The molecule has 0 heterocycles. The number of hydrogen-bond donors (Lipinski definition) is 12. The summed E-state index contributed by atoms with van der Waals surface area (Å²) >= 11 is 0. The topological polar surface area (TPSA) is 351 Å². The molecule has 3 rings (SSSR count). The van der Waals surface area contributed by atoms with Crippen molar-refractivity contribution >= 4 is 64.8 Å². The van der Waals surface area contributed by atoms with Crippen LogP contribution in [-0.2, 0) is 67.2 Å². The summed E-state index contributed by atoms with van der Waals surface area (Å²) in [7, 11) is 0. The van der Waals surface area contributed by atoms with Crippen LogP contribution in [-0.4, -0.2) is 126 Å². The smallest absolute Gasteiger partial charge is 0.326 e. The van der Waals surface area contributed by atoms with Gasteiger partial charge in [0.05, 0.1) is 19.5 Å². The molecule has 7 atom stereocenters. The maximum atomic E-state index is 14.1. The number of carbonyl (C=O) groups is 10. The molecule has 0 saturated carbocycles. The zero-order chi connectivity index (χ0) is 55.6. The minimum atomic E-state index is -1.32. The van der Waals surface area contributed by atoms with Gasteiger partial charge in [-0.25, -0.2) is 4.79 Å². The molecular weight excluding hydrogens is 967 g/mol. The zero-order valence-electron chi connectivity index (χ0n) is 43.5. The highest BCUT2D eigenvalue weighted by molar-refractivity contribution is 5.98. The molecule has 0 bridgehead atoms. The van der Waals surface area contributed by atoms with Gasteiger partial charge in [-0.3, -0.25) is 43.2 Å². The number of carboxylic acids is 1. The van der Waals surface area contributed by atoms with Gasteiger partial charge in [0.25, 0.3) is 0 Å². The maximum Gasteiger partial charge on any atom is 0.326 e. The summed E-state index contributed by atoms with van der Waals surface area (Å²) < 4.78 is 0. The van der Waals surface area contributed by atoms with E-state index in [1.54, 1.807) is 98.8 Å². The summed E-state index contributed by atoms with van der Waals surface area (Å²) in [5.41, 5.74) is 14.0. The summed E-state index contributed by atoms with van der Waals surface area (Å²) in [4.78, 5) is 132. The molecule has 3 aromatic rings. The SMILES string of the molecule is CC(C)C[C@H](NC(=O)[C@H](CCCCN)NC(=O)[C@H](C)NC(=O)[C@H](C)NC(=O)CNC(=O)CNC(=O)Cc1ccc(N)cc1)C(=O)N[C@H](C(=O)N[C@@H](Cc1ccccc1)C(=O)N[C@@H](Cc1ccccc1)C(=O)O)C(C)C. The second-order valence-corrected chi connectivity index (χ2v) is 19.1. The summed E-state index contributed by atoms with van der Waals surface area (Å²) in [6, 6.07) is 15.6. The fourth-order valence-electron chi connectivity index (χ4n) is 7.53. The number of hydrogen-bond acceptors (Lipinski definition) is 12. The Kier molecular flexibility index (Phi) is 25.9. The van der Waals surface area contributed by atoms with Crippen LogP contribution >= 0.6 is 0 Å². The Balaban J connectivity index is 1.64. The molecule has 22 nitrogen and oxygen atoms in total. The van der Waals surface area contributed by atoms with E-state index < -0.39 is 120 Å². The number of anilines is 1. The minimum Gasteiger partial charge on any atom is -0.480 e. The Bertz CT molecular complexity index is 2390. The number of carbonyl (C=O) groups excluding carboxylic acids is 9. The van der Waals surface area contributed by atoms with Crippen molar-refractivity contribution in [2.24, 2.45) is 17.6 Å². The van der Waals surface area contributed by atoms with E-state index in [0.29, 0.717) is 41.8 Å². The molecule has 0 aliphatic carbocycles. The Morgan fingerprint density at radius 2 is 0.960 bits per heavy atom. The molecule has 408 valence electrons. The molecule has 0 spiro atoms. The third kappa shape index (κ3) is 22.8. The molecule has 0 unspecified atom stereocenters. The van der Waals surface area contributed by atoms with Crippen LogP contribution in [0.3, 0.4) is 0 Å². The number of nitrogen functional groups attached to an aromatic ring is 1. The molecule has 0 saturated heterocycles. The largest absolute Gasteiger partial charge is 0.480 e. The van der Waals surface area contributed by atoms with Crippen molar-refractivity contribution in [3.05, 3.63) is 102 Å². The molecule has 22 heteroatoms. The standard InChI is InChI=1S/C53H75N11O11/c1-31(2)25-40(51(72)64-46(32(3)4)52(73)62-41(26-35-15-9-7-10-16-35)50(71)63-42(53(74)75)27-36-17-11-8-12-18-36)61-49(70)39(19-13-14-24-54)60-48(69)34(6)59-47(68)33(5)58-45(67)30-57-44(66)29-56-43(65)28-37-20-22-38(55)23-21-37/h7-12,15-18,20-23,31-34,39-42,46H,13-14,19,24-30,54-55H2,1-6H3,(H,56,65)(H,57,66)(H,58,67)(H,59,68)(H,60,69)(H,61,70)(H,62,73)(H,63,71)(H,64,72)(H,74,75)/t33-,34-,39-,40-,41-,42-,46-/m0/s1. The lowest BCUT2D eigenvalue weighted by Gasteiger charge is -2.29. The molecule has 0 radical (unpaired) electrons. The first kappa shape index (κ1) is 61.4. The second kappa shape index (κ2) is 31.7. The van der Waals surface area contributed by atoms with Crippen LogP contribution in [0.15, 0.2) is 84.9 Å². The first-order chi connectivity index (χ1) is 35.6. The van der Waals surface area contributed by atoms with Gasteiger partial charge in [-0.15, -0.1) is 0 Å². The number of carboxylic acid groups (broad SMARTS) is 1. The van der Waals surface area contributed by atoms with Gasteiger partial charge in [-0.05, 0) is 86.7 Å². The normalized spacial score (nSPS) is 13.8. The van der Waals surface area contributed by atoms with Gasteiger partial charge in [0.2, 0.25) is 53.2 Å². The Labute approximate surface area is 437 Å². The first-order valence-corrected chi connectivity index (χ1v) is 25.1. The van der Waals surface area contributed by atoms with Crippen LogP contribution in [0.5, 0.6) is 0 Å². The number of aliphatic carboxylic acids is 1. The lowest BCUT2D eigenvalue weighted by Crippen LogP contribution is -2.61. The van der Waals surface area contributed by atoms with Crippen LogP contribution in [0.25, 0.3) is 0 Å². The van der Waals surface area contributed by atoms with E-state index in [-0.39, 0.29) is 38.0 Å². The fourth-order valence-corrected chi connectivity index (χ4v) is 7.53. The Morgan fingerprint density at radius 1 is 0.480 bits per heavy atom. The lowest BCUT2D eigenvalue weighted by molar-refractivity contribution is -0.142. The quantitative estimate of drug-likeness (QED) is 0.0296. The van der Waals surface area contributed by atoms with E-state index in [4.69, 9.17) is 11.5 Å². The fraction of sp³-hybridized carbons (Fsp3) is 0.472. The molecule has 0 aromatic heterocycles. The summed E-state index contributed by atoms with van der Waals surface area (Å²) in [6.45, 7) is 9.13. The van der Waals surface area contributed by atoms with Crippen LogP contribution in [0.1, 0.15) is 83.9 Å². The van der Waals surface area contributed by atoms with E-state index in [1.165, 1.54) is 13.8 Å². The van der Waals surface area contributed by atoms with Crippen molar-refractivity contribution in [2.75, 3.05) is 25.4 Å². The van der Waals surface area contributed by atoms with E-state index in [9.17, 15) is 53.1 Å². The molecule has 0 fully saturated rings. The van der Waals surface area contributed by atoms with Gasteiger partial charge < -0.3 is 64.4 Å². The number of rotatable bonds is 31. The van der Waals surface area contributed by atoms with Gasteiger partial charge in [-0.1, -0.05) is 100 Å². The van der Waals surface area contributed by atoms with Gasteiger partial charge in [0, 0.05) is 18.5 Å². The van der Waals surface area contributed by atoms with Gasteiger partial charge in [0.1, 0.15) is 42.3 Å². The third-order valence-corrected chi connectivity index (χ3v) is 11.7. The number of nitrogens with two attached hydrogens (primary N) is 2. The van der Waals surface area contributed by atoms with E-state index in [0.717, 1.165) is 0 Å². The Morgan fingerprint density at radius 3 is 1.52 bits per heavy atom. The van der Waals surface area contributed by atoms with Crippen molar-refractivity contribution in [1.29, 1.82) is 0 Å². The molecular formula is C53H75N11O11. The van der Waals surface area contributed by atoms with E-state index in [1.807, 2.05) is 13.8 Å². The lowest BCUT2D eigenvalue weighted by atomic mass is 9.98. The molecule has 9 amide bonds. The molecule has 3 aromatic carbocycles. The van der Waals surface area contributed by atoms with E-state index >= 15 is 0 Å². The number of nitrogens with one attached hydrogen (secondary N) is 9. The predicted molar refractivity (Wildman–Crippen MR) is 281 cm³/mol. The number of unbranched alkanes of at least 4 members (excludes halogenated alkanes) is 1. The van der Waals surface area contributed by atoms with Gasteiger partial charge in [-0.2, -0.15) is 0 Å². The van der Waals surface area contributed by atoms with Crippen molar-refractivity contribution < 1.29 is 53.1 Å². The minimum absolute atomic E-state index is 0.00478. The average molecular weight is 1040 g/mol. The van der Waals surface area contributed by atoms with Crippen LogP contribution in [0, 0.1) is 11.8 Å². The third-order valence-electron chi connectivity index (χ3n) is 11.7. The van der Waals surface area contributed by atoms with Crippen molar-refractivity contribution in [2.45, 2.75) is 129 Å². The molecule has 0 aliphatic rings. The highest BCUT2D eigenvalue weighted by Gasteiger charge is 2.35. The van der Waals surface area contributed by atoms with Crippen molar-refractivity contribution in [3.8, 4) is 0 Å². The molecule has 75 heavy (non-hydrogen) atoms. The van der Waals surface area contributed by atoms with Crippen LogP contribution in [0.4, 0.5) is 5.69 Å². The summed E-state index contributed by atoms with van der Waals surface area (Å²) in [5.74, 6) is -8.20. The average Bonchev–Trinajstić information content (AvgIpc) is 3.36. The van der Waals surface area contributed by atoms with E-state index in [2.05, 4.69) is 47.9 Å². The number of amides is 9. The second-order valence-electron chi connectivity index (χ2n) is 19.1. The number of benzene rings is 3. The summed E-state index contributed by atoms with van der Waals surface area (Å²) in [6.07, 6.45) is 1.11. The monoisotopic (exact) mass is 1040 g/mol. The molecule has 14 N–H and O–H groups in total. The zero-order valence-corrected chi connectivity index (χ0v) is 43.5. The van der Waals surface area contributed by atoms with Gasteiger partial charge in [0.15, 0.2) is 0 Å². The van der Waals surface area contributed by atoms with Crippen LogP contribution in [0.2, 0.25) is 0 Å². The Hall–Kier alpha value is -7.88. The predicted octanol–water partition coefficient (Wildman–Crippen LogP) is -0.122. The maximum absolute atomic E-state index is 14.1. The summed E-state index contributed by atoms with van der Waals surface area (Å²) in [5, 5.41) is 33.2. The highest BCUT2D eigenvalue weighted by Crippen LogP contribution is 2.13.